The normalized spacial score (nSPS) is 20.1. The van der Waals surface area contributed by atoms with Crippen LogP contribution in [-0.2, 0) is 14.6 Å². The maximum absolute atomic E-state index is 12.1. The predicted molar refractivity (Wildman–Crippen MR) is 99.7 cm³/mol. The molecule has 1 heterocycles. The van der Waals surface area contributed by atoms with Crippen LogP contribution in [0.2, 0.25) is 0 Å². The molecular formula is C16H32N4O4S. The van der Waals surface area contributed by atoms with Gasteiger partial charge in [-0.3, -0.25) is 4.99 Å². The molecule has 1 rings (SSSR count). The van der Waals surface area contributed by atoms with Gasteiger partial charge in [0, 0.05) is 40.3 Å². The number of carbonyl (C=O) groups is 1. The van der Waals surface area contributed by atoms with Crippen molar-refractivity contribution in [3.8, 4) is 0 Å². The van der Waals surface area contributed by atoms with E-state index in [9.17, 15) is 13.2 Å². The maximum atomic E-state index is 12.1. The molecule has 0 aromatic carbocycles. The Morgan fingerprint density at radius 3 is 2.44 bits per heavy atom. The van der Waals surface area contributed by atoms with E-state index >= 15 is 0 Å². The fourth-order valence-electron chi connectivity index (χ4n) is 2.42. The minimum atomic E-state index is -3.09. The molecule has 0 unspecified atom stereocenters. The first-order chi connectivity index (χ1) is 11.3. The van der Waals surface area contributed by atoms with Gasteiger partial charge in [0.25, 0.3) is 0 Å². The average molecular weight is 377 g/mol. The Bertz CT molecular complexity index is 608. The Hall–Kier alpha value is -1.51. The molecule has 0 bridgehead atoms. The van der Waals surface area contributed by atoms with E-state index in [0.717, 1.165) is 0 Å². The van der Waals surface area contributed by atoms with Crippen LogP contribution in [-0.4, -0.2) is 86.6 Å². The SMILES string of the molecule is CN=C(NCCN(C)C(=O)OC(C)(C)C)N1CCS(=O)(=O)C(C)(C)C1. The highest BCUT2D eigenvalue weighted by molar-refractivity contribution is 7.92. The summed E-state index contributed by atoms with van der Waals surface area (Å²) in [5.41, 5.74) is -0.528. The van der Waals surface area contributed by atoms with Crippen LogP contribution >= 0.6 is 0 Å². The van der Waals surface area contributed by atoms with Gasteiger partial charge < -0.3 is 19.9 Å². The molecule has 1 aliphatic heterocycles. The number of hydrogen-bond donors (Lipinski definition) is 1. The second-order valence-electron chi connectivity index (χ2n) is 7.88. The Kier molecular flexibility index (Phi) is 6.72. The highest BCUT2D eigenvalue weighted by Gasteiger charge is 2.40. The van der Waals surface area contributed by atoms with Crippen molar-refractivity contribution in [2.75, 3.05) is 46.0 Å². The zero-order valence-electron chi connectivity index (χ0n) is 16.4. The quantitative estimate of drug-likeness (QED) is 0.582. The van der Waals surface area contributed by atoms with Gasteiger partial charge in [0.2, 0.25) is 0 Å². The van der Waals surface area contributed by atoms with Gasteiger partial charge in [0.05, 0.1) is 10.5 Å². The van der Waals surface area contributed by atoms with Gasteiger partial charge >= 0.3 is 6.09 Å². The zero-order valence-corrected chi connectivity index (χ0v) is 17.2. The van der Waals surface area contributed by atoms with Crippen LogP contribution in [0.5, 0.6) is 0 Å². The molecule has 0 radical (unpaired) electrons. The number of amides is 1. The van der Waals surface area contributed by atoms with Gasteiger partial charge in [-0.15, -0.1) is 0 Å². The van der Waals surface area contributed by atoms with Gasteiger partial charge in [-0.05, 0) is 34.6 Å². The minimum Gasteiger partial charge on any atom is -0.444 e. The van der Waals surface area contributed by atoms with Crippen molar-refractivity contribution in [2.45, 2.75) is 45.0 Å². The zero-order chi connectivity index (χ0) is 19.5. The predicted octanol–water partition coefficient (Wildman–Crippen LogP) is 0.938. The number of likely N-dealkylation sites (N-methyl/N-ethyl adjacent to an activating group) is 1. The molecule has 25 heavy (non-hydrogen) atoms. The van der Waals surface area contributed by atoms with Crippen LogP contribution in [0.25, 0.3) is 0 Å². The van der Waals surface area contributed by atoms with E-state index in [0.29, 0.717) is 32.1 Å². The highest BCUT2D eigenvalue weighted by atomic mass is 32.2. The summed E-state index contributed by atoms with van der Waals surface area (Å²) in [6, 6.07) is 0. The van der Waals surface area contributed by atoms with Gasteiger partial charge in [-0.25, -0.2) is 13.2 Å². The van der Waals surface area contributed by atoms with Gasteiger partial charge in [-0.2, -0.15) is 0 Å². The summed E-state index contributed by atoms with van der Waals surface area (Å²) < 4.78 is 28.7. The standard InChI is InChI=1S/C16H32N4O4S/c1-15(2,3)24-14(21)19(7)9-8-18-13(17-6)20-10-11-25(22,23)16(4,5)12-20/h8-12H2,1-7H3,(H,17,18). The lowest BCUT2D eigenvalue weighted by atomic mass is 10.2. The molecule has 0 spiro atoms. The molecule has 0 saturated carbocycles. The molecule has 0 aromatic rings. The van der Waals surface area contributed by atoms with E-state index in [1.54, 1.807) is 27.9 Å². The topological polar surface area (TPSA) is 91.3 Å². The van der Waals surface area contributed by atoms with Crippen molar-refractivity contribution in [3.63, 3.8) is 0 Å². The van der Waals surface area contributed by atoms with E-state index in [1.807, 2.05) is 25.7 Å². The average Bonchev–Trinajstić information content (AvgIpc) is 2.44. The number of sulfone groups is 1. The summed E-state index contributed by atoms with van der Waals surface area (Å²) in [4.78, 5) is 19.6. The third-order valence-corrected chi connectivity index (χ3v) is 6.52. The lowest BCUT2D eigenvalue weighted by Crippen LogP contribution is -2.57. The van der Waals surface area contributed by atoms with E-state index in [4.69, 9.17) is 4.74 Å². The number of guanidine groups is 1. The first-order valence-corrected chi connectivity index (χ1v) is 10.1. The summed E-state index contributed by atoms with van der Waals surface area (Å²) in [7, 11) is 0.246. The lowest BCUT2D eigenvalue weighted by Gasteiger charge is -2.39. The molecule has 0 atom stereocenters. The summed E-state index contributed by atoms with van der Waals surface area (Å²) in [5.74, 6) is 0.749. The Morgan fingerprint density at radius 2 is 1.96 bits per heavy atom. The Balaban J connectivity index is 2.55. The third kappa shape index (κ3) is 6.05. The second-order valence-corrected chi connectivity index (χ2v) is 10.6. The van der Waals surface area contributed by atoms with Crippen molar-refractivity contribution in [2.24, 2.45) is 4.99 Å². The van der Waals surface area contributed by atoms with Crippen LogP contribution in [0.1, 0.15) is 34.6 Å². The van der Waals surface area contributed by atoms with Crippen LogP contribution in [0.3, 0.4) is 0 Å². The Labute approximate surface area is 151 Å². The highest BCUT2D eigenvalue weighted by Crippen LogP contribution is 2.23. The number of ether oxygens (including phenoxy) is 1. The Morgan fingerprint density at radius 1 is 1.36 bits per heavy atom. The molecule has 0 aliphatic carbocycles. The third-order valence-electron chi connectivity index (χ3n) is 3.99. The van der Waals surface area contributed by atoms with Gasteiger partial charge in [0.1, 0.15) is 5.60 Å². The first kappa shape index (κ1) is 21.5. The molecule has 9 heteroatoms. The van der Waals surface area contributed by atoms with Crippen LogP contribution in [0.15, 0.2) is 4.99 Å². The van der Waals surface area contributed by atoms with E-state index in [2.05, 4.69) is 10.3 Å². The number of hydrogen-bond acceptors (Lipinski definition) is 5. The van der Waals surface area contributed by atoms with E-state index < -0.39 is 20.2 Å². The molecule has 8 nitrogen and oxygen atoms in total. The first-order valence-electron chi connectivity index (χ1n) is 8.41. The second kappa shape index (κ2) is 7.80. The van der Waals surface area contributed by atoms with Crippen molar-refractivity contribution < 1.29 is 17.9 Å². The van der Waals surface area contributed by atoms with Crippen LogP contribution < -0.4 is 5.32 Å². The molecular weight excluding hydrogens is 344 g/mol. The monoisotopic (exact) mass is 376 g/mol. The number of carbonyl (C=O) groups excluding carboxylic acids is 1. The maximum Gasteiger partial charge on any atom is 0.410 e. The number of nitrogens with zero attached hydrogens (tertiary/aromatic N) is 3. The van der Waals surface area contributed by atoms with Gasteiger partial charge in [-0.1, -0.05) is 0 Å². The number of nitrogens with one attached hydrogen (secondary N) is 1. The van der Waals surface area contributed by atoms with Crippen molar-refractivity contribution in [3.05, 3.63) is 0 Å². The van der Waals surface area contributed by atoms with Crippen LogP contribution in [0.4, 0.5) is 4.79 Å². The summed E-state index contributed by atoms with van der Waals surface area (Å²) >= 11 is 0. The smallest absolute Gasteiger partial charge is 0.410 e. The summed E-state index contributed by atoms with van der Waals surface area (Å²) in [6.45, 7) is 10.7. The van der Waals surface area contributed by atoms with Crippen LogP contribution in [0, 0.1) is 0 Å². The number of rotatable bonds is 3. The van der Waals surface area contributed by atoms with Crippen molar-refractivity contribution in [1.82, 2.24) is 15.1 Å². The van der Waals surface area contributed by atoms with E-state index in [-0.39, 0.29) is 11.8 Å². The minimum absolute atomic E-state index is 0.110. The molecule has 1 saturated heterocycles. The largest absolute Gasteiger partial charge is 0.444 e. The van der Waals surface area contributed by atoms with Crippen molar-refractivity contribution >= 4 is 21.9 Å². The fourth-order valence-corrected chi connectivity index (χ4v) is 3.79. The lowest BCUT2D eigenvalue weighted by molar-refractivity contribution is 0.0302. The fraction of sp³-hybridized carbons (Fsp3) is 0.875. The molecule has 1 fully saturated rings. The molecule has 1 amide bonds. The molecule has 1 N–H and O–H groups in total. The van der Waals surface area contributed by atoms with Crippen molar-refractivity contribution in [1.29, 1.82) is 0 Å². The molecule has 1 aliphatic rings. The number of aliphatic imine (C=N–C) groups is 1. The van der Waals surface area contributed by atoms with Gasteiger partial charge in [0.15, 0.2) is 15.8 Å². The molecule has 0 aromatic heterocycles. The van der Waals surface area contributed by atoms with E-state index in [1.165, 1.54) is 4.90 Å². The summed E-state index contributed by atoms with van der Waals surface area (Å²) in [5, 5.41) is 3.18. The molecule has 146 valence electrons. The summed E-state index contributed by atoms with van der Waals surface area (Å²) in [6.07, 6.45) is -0.380.